The molecule has 1 amide bonds. The highest BCUT2D eigenvalue weighted by Crippen LogP contribution is 2.28. The number of nitrogens with zero attached hydrogens (tertiary/aromatic N) is 1. The van der Waals surface area contributed by atoms with Crippen LogP contribution in [0, 0.1) is 18.7 Å². The zero-order valence-electron chi connectivity index (χ0n) is 16.5. The van der Waals surface area contributed by atoms with Crippen molar-refractivity contribution in [1.29, 1.82) is 0 Å². The van der Waals surface area contributed by atoms with Crippen LogP contribution in [0.3, 0.4) is 0 Å². The molecule has 0 aliphatic carbocycles. The van der Waals surface area contributed by atoms with Crippen molar-refractivity contribution in [3.05, 3.63) is 53.8 Å². The van der Waals surface area contributed by atoms with Gasteiger partial charge in [-0.15, -0.1) is 0 Å². The second kappa shape index (κ2) is 8.92. The van der Waals surface area contributed by atoms with E-state index >= 15 is 0 Å². The molecule has 0 unspecified atom stereocenters. The molecule has 0 bridgehead atoms. The Hall–Kier alpha value is -2.45. The fraction of sp³-hybridized carbons (Fsp3) is 0.381. The van der Waals surface area contributed by atoms with Crippen molar-refractivity contribution in [2.24, 2.45) is 5.92 Å². The molecule has 0 spiro atoms. The molecule has 29 heavy (non-hydrogen) atoms. The summed E-state index contributed by atoms with van der Waals surface area (Å²) in [7, 11) is -3.71. The lowest BCUT2D eigenvalue weighted by Gasteiger charge is -2.31. The Morgan fingerprint density at radius 3 is 2.62 bits per heavy atom. The van der Waals surface area contributed by atoms with Gasteiger partial charge in [-0.1, -0.05) is 0 Å². The molecule has 0 aromatic heterocycles. The Labute approximate surface area is 170 Å². The molecule has 1 heterocycles. The first-order chi connectivity index (χ1) is 13.8. The summed E-state index contributed by atoms with van der Waals surface area (Å²) in [5.74, 6) is -0.461. The predicted molar refractivity (Wildman–Crippen MR) is 109 cm³/mol. The van der Waals surface area contributed by atoms with Crippen LogP contribution in [0.2, 0.25) is 0 Å². The van der Waals surface area contributed by atoms with Crippen molar-refractivity contribution in [3.8, 4) is 5.75 Å². The van der Waals surface area contributed by atoms with E-state index in [2.05, 4.69) is 5.32 Å². The standard InChI is InChI=1S/C21H25FN2O4S/c1-3-28-20-11-10-19(13-15(20)2)29(26,27)24-12-4-5-16(14-24)21(25)23-18-8-6-17(22)7-9-18/h6-11,13,16H,3-5,12,14H2,1-2H3,(H,23,25)/t16-/m1/s1. The van der Waals surface area contributed by atoms with E-state index in [1.165, 1.54) is 34.6 Å². The summed E-state index contributed by atoms with van der Waals surface area (Å²) < 4.78 is 46.0. The first kappa shape index (κ1) is 21.3. The fourth-order valence-corrected chi connectivity index (χ4v) is 5.01. The van der Waals surface area contributed by atoms with Crippen molar-refractivity contribution in [1.82, 2.24) is 4.31 Å². The Morgan fingerprint density at radius 2 is 1.97 bits per heavy atom. The largest absolute Gasteiger partial charge is 0.494 e. The summed E-state index contributed by atoms with van der Waals surface area (Å²) in [6.07, 6.45) is 1.19. The molecule has 0 radical (unpaired) electrons. The Bertz CT molecular complexity index is 977. The molecular weight excluding hydrogens is 395 g/mol. The first-order valence-electron chi connectivity index (χ1n) is 9.61. The monoisotopic (exact) mass is 420 g/mol. The van der Waals surface area contributed by atoms with E-state index in [1.807, 2.05) is 6.92 Å². The molecule has 1 saturated heterocycles. The van der Waals surface area contributed by atoms with Crippen LogP contribution >= 0.6 is 0 Å². The lowest BCUT2D eigenvalue weighted by atomic mass is 9.99. The summed E-state index contributed by atoms with van der Waals surface area (Å²) >= 11 is 0. The molecule has 1 aliphatic rings. The highest BCUT2D eigenvalue weighted by atomic mass is 32.2. The summed E-state index contributed by atoms with van der Waals surface area (Å²) in [6.45, 7) is 4.66. The average molecular weight is 421 g/mol. The fourth-order valence-electron chi connectivity index (χ4n) is 3.40. The number of benzene rings is 2. The van der Waals surface area contributed by atoms with E-state index in [0.717, 1.165) is 5.56 Å². The number of carbonyl (C=O) groups excluding carboxylic acids is 1. The number of amides is 1. The van der Waals surface area contributed by atoms with Crippen LogP contribution < -0.4 is 10.1 Å². The smallest absolute Gasteiger partial charge is 0.243 e. The average Bonchev–Trinajstić information content (AvgIpc) is 2.71. The predicted octanol–water partition coefficient (Wildman–Crippen LogP) is 3.57. The van der Waals surface area contributed by atoms with Gasteiger partial charge < -0.3 is 10.1 Å². The topological polar surface area (TPSA) is 75.7 Å². The SMILES string of the molecule is CCOc1ccc(S(=O)(=O)N2CCC[C@@H](C(=O)Nc3ccc(F)cc3)C2)cc1C. The number of anilines is 1. The number of rotatable bonds is 6. The van der Waals surface area contributed by atoms with E-state index in [0.29, 0.717) is 37.4 Å². The van der Waals surface area contributed by atoms with Crippen LogP contribution in [-0.2, 0) is 14.8 Å². The van der Waals surface area contributed by atoms with Crippen molar-refractivity contribution >= 4 is 21.6 Å². The van der Waals surface area contributed by atoms with Crippen molar-refractivity contribution in [2.75, 3.05) is 25.0 Å². The summed E-state index contributed by atoms with van der Waals surface area (Å²) in [4.78, 5) is 12.8. The van der Waals surface area contributed by atoms with E-state index < -0.39 is 15.9 Å². The molecule has 2 aromatic rings. The minimum atomic E-state index is -3.71. The van der Waals surface area contributed by atoms with E-state index in [-0.39, 0.29) is 23.2 Å². The third kappa shape index (κ3) is 4.94. The molecular formula is C21H25FN2O4S. The van der Waals surface area contributed by atoms with Crippen LogP contribution in [0.5, 0.6) is 5.75 Å². The number of hydrogen-bond donors (Lipinski definition) is 1. The van der Waals surface area contributed by atoms with E-state index in [9.17, 15) is 17.6 Å². The zero-order chi connectivity index (χ0) is 21.0. The normalized spacial score (nSPS) is 17.7. The number of piperidine rings is 1. The molecule has 6 nitrogen and oxygen atoms in total. The van der Waals surface area contributed by atoms with Crippen molar-refractivity contribution < 1.29 is 22.3 Å². The van der Waals surface area contributed by atoms with Gasteiger partial charge in [0.1, 0.15) is 11.6 Å². The Kier molecular flexibility index (Phi) is 6.54. The second-order valence-electron chi connectivity index (χ2n) is 7.06. The highest BCUT2D eigenvalue weighted by molar-refractivity contribution is 7.89. The van der Waals surface area contributed by atoms with Gasteiger partial charge in [-0.05, 0) is 74.7 Å². The number of carbonyl (C=O) groups is 1. The number of nitrogens with one attached hydrogen (secondary N) is 1. The van der Waals surface area contributed by atoms with Crippen LogP contribution in [0.15, 0.2) is 47.4 Å². The van der Waals surface area contributed by atoms with Gasteiger partial charge in [-0.25, -0.2) is 12.8 Å². The molecule has 1 atom stereocenters. The van der Waals surface area contributed by atoms with E-state index in [1.54, 1.807) is 19.1 Å². The van der Waals surface area contributed by atoms with Gasteiger partial charge in [-0.3, -0.25) is 4.79 Å². The lowest BCUT2D eigenvalue weighted by Crippen LogP contribution is -2.43. The number of hydrogen-bond acceptors (Lipinski definition) is 4. The molecule has 8 heteroatoms. The third-order valence-electron chi connectivity index (χ3n) is 4.95. The van der Waals surface area contributed by atoms with Gasteiger partial charge >= 0.3 is 0 Å². The van der Waals surface area contributed by atoms with Gasteiger partial charge in [0, 0.05) is 18.8 Å². The maximum atomic E-state index is 13.1. The van der Waals surface area contributed by atoms with Gasteiger partial charge in [0.25, 0.3) is 0 Å². The van der Waals surface area contributed by atoms with Crippen LogP contribution in [0.4, 0.5) is 10.1 Å². The highest BCUT2D eigenvalue weighted by Gasteiger charge is 2.33. The van der Waals surface area contributed by atoms with Crippen LogP contribution in [0.25, 0.3) is 0 Å². The van der Waals surface area contributed by atoms with Gasteiger partial charge in [-0.2, -0.15) is 4.31 Å². The van der Waals surface area contributed by atoms with Crippen molar-refractivity contribution in [3.63, 3.8) is 0 Å². The Morgan fingerprint density at radius 1 is 1.24 bits per heavy atom. The Balaban J connectivity index is 1.72. The first-order valence-corrected chi connectivity index (χ1v) is 11.1. The summed E-state index contributed by atoms with van der Waals surface area (Å²) in [6, 6.07) is 10.3. The molecule has 0 saturated carbocycles. The molecule has 156 valence electrons. The number of aryl methyl sites for hydroxylation is 1. The zero-order valence-corrected chi connectivity index (χ0v) is 17.3. The number of ether oxygens (including phenoxy) is 1. The van der Waals surface area contributed by atoms with Gasteiger partial charge in [0.05, 0.1) is 17.4 Å². The molecule has 1 fully saturated rings. The van der Waals surface area contributed by atoms with Crippen LogP contribution in [-0.4, -0.2) is 38.3 Å². The molecule has 1 N–H and O–H groups in total. The van der Waals surface area contributed by atoms with Crippen LogP contribution in [0.1, 0.15) is 25.3 Å². The van der Waals surface area contributed by atoms with E-state index in [4.69, 9.17) is 4.74 Å². The van der Waals surface area contributed by atoms with Crippen molar-refractivity contribution in [2.45, 2.75) is 31.6 Å². The lowest BCUT2D eigenvalue weighted by molar-refractivity contribution is -0.120. The minimum absolute atomic E-state index is 0.113. The third-order valence-corrected chi connectivity index (χ3v) is 6.81. The molecule has 1 aliphatic heterocycles. The van der Waals surface area contributed by atoms with Gasteiger partial charge in [0.15, 0.2) is 0 Å². The maximum Gasteiger partial charge on any atom is 0.243 e. The minimum Gasteiger partial charge on any atom is -0.494 e. The molecule has 3 rings (SSSR count). The maximum absolute atomic E-state index is 13.1. The summed E-state index contributed by atoms with van der Waals surface area (Å²) in [5.41, 5.74) is 1.23. The quantitative estimate of drug-likeness (QED) is 0.775. The summed E-state index contributed by atoms with van der Waals surface area (Å²) in [5, 5.41) is 2.74. The molecule has 2 aromatic carbocycles. The number of halogens is 1. The number of sulfonamides is 1. The van der Waals surface area contributed by atoms with Gasteiger partial charge in [0.2, 0.25) is 15.9 Å². The second-order valence-corrected chi connectivity index (χ2v) is 9.00.